The average Bonchev–Trinajstić information content (AvgIpc) is 2.35. The van der Waals surface area contributed by atoms with Crippen molar-refractivity contribution < 1.29 is 14.3 Å². The van der Waals surface area contributed by atoms with Gasteiger partial charge in [-0.05, 0) is 52.7 Å². The standard InChI is InChI=1S/C14H12BrFN2O2/c1-7-2-3-12(9(15)4-7)18-13-5-8(14(19)20)11(17)6-10(13)16/h2-6,18H,17H2,1H3,(H,19,20). The number of aromatic carboxylic acids is 1. The average molecular weight is 339 g/mol. The Bertz CT molecular complexity index is 689. The van der Waals surface area contributed by atoms with Gasteiger partial charge in [0.15, 0.2) is 0 Å². The van der Waals surface area contributed by atoms with E-state index in [1.807, 2.05) is 19.1 Å². The van der Waals surface area contributed by atoms with Gasteiger partial charge < -0.3 is 16.2 Å². The minimum absolute atomic E-state index is 0.0566. The quantitative estimate of drug-likeness (QED) is 0.741. The Hall–Kier alpha value is -2.08. The van der Waals surface area contributed by atoms with E-state index in [0.29, 0.717) is 5.69 Å². The van der Waals surface area contributed by atoms with Crippen molar-refractivity contribution in [1.29, 1.82) is 0 Å². The first-order valence-electron chi connectivity index (χ1n) is 5.74. The molecule has 4 nitrogen and oxygen atoms in total. The summed E-state index contributed by atoms with van der Waals surface area (Å²) in [4.78, 5) is 11.0. The monoisotopic (exact) mass is 338 g/mol. The van der Waals surface area contributed by atoms with Crippen LogP contribution in [0.1, 0.15) is 15.9 Å². The number of benzene rings is 2. The number of aryl methyl sites for hydroxylation is 1. The van der Waals surface area contributed by atoms with Crippen molar-refractivity contribution >= 4 is 39.0 Å². The van der Waals surface area contributed by atoms with Crippen molar-refractivity contribution in [3.05, 3.63) is 51.7 Å². The van der Waals surface area contributed by atoms with E-state index in [1.165, 1.54) is 6.07 Å². The topological polar surface area (TPSA) is 75.3 Å². The number of nitrogen functional groups attached to an aromatic ring is 1. The molecule has 0 aliphatic heterocycles. The molecule has 4 N–H and O–H groups in total. The molecule has 0 aliphatic rings. The lowest BCUT2D eigenvalue weighted by atomic mass is 10.1. The summed E-state index contributed by atoms with van der Waals surface area (Å²) in [5, 5.41) is 11.8. The zero-order valence-corrected chi connectivity index (χ0v) is 12.2. The third-order valence-corrected chi connectivity index (χ3v) is 3.42. The van der Waals surface area contributed by atoms with Gasteiger partial charge in [-0.1, -0.05) is 6.07 Å². The first-order valence-corrected chi connectivity index (χ1v) is 6.53. The number of carboxylic acids is 1. The van der Waals surface area contributed by atoms with Crippen molar-refractivity contribution in [3.8, 4) is 0 Å². The van der Waals surface area contributed by atoms with Crippen LogP contribution in [0.25, 0.3) is 0 Å². The molecule has 0 bridgehead atoms. The lowest BCUT2D eigenvalue weighted by molar-refractivity contribution is 0.0698. The Morgan fingerprint density at radius 3 is 2.60 bits per heavy atom. The molecule has 2 aromatic rings. The largest absolute Gasteiger partial charge is 0.478 e. The third-order valence-electron chi connectivity index (χ3n) is 2.76. The molecule has 0 spiro atoms. The van der Waals surface area contributed by atoms with Gasteiger partial charge in [-0.2, -0.15) is 0 Å². The summed E-state index contributed by atoms with van der Waals surface area (Å²) >= 11 is 3.37. The highest BCUT2D eigenvalue weighted by molar-refractivity contribution is 9.10. The van der Waals surface area contributed by atoms with Gasteiger partial charge in [0, 0.05) is 10.2 Å². The van der Waals surface area contributed by atoms with Crippen LogP contribution in [-0.2, 0) is 0 Å². The lowest BCUT2D eigenvalue weighted by Gasteiger charge is -2.12. The van der Waals surface area contributed by atoms with E-state index in [2.05, 4.69) is 21.2 Å². The molecule has 0 saturated heterocycles. The van der Waals surface area contributed by atoms with Gasteiger partial charge in [0.05, 0.1) is 16.9 Å². The van der Waals surface area contributed by atoms with Gasteiger partial charge in [0.25, 0.3) is 0 Å². The maximum Gasteiger partial charge on any atom is 0.337 e. The molecule has 6 heteroatoms. The Morgan fingerprint density at radius 1 is 1.30 bits per heavy atom. The first kappa shape index (κ1) is 14.3. The summed E-state index contributed by atoms with van der Waals surface area (Å²) in [5.74, 6) is -1.81. The van der Waals surface area contributed by atoms with Crippen LogP contribution in [0, 0.1) is 12.7 Å². The molecule has 0 radical (unpaired) electrons. The molecule has 0 saturated carbocycles. The van der Waals surface area contributed by atoms with Gasteiger partial charge in [-0.15, -0.1) is 0 Å². The Kier molecular flexibility index (Phi) is 3.94. The molecule has 20 heavy (non-hydrogen) atoms. The van der Waals surface area contributed by atoms with Crippen LogP contribution in [-0.4, -0.2) is 11.1 Å². The van der Waals surface area contributed by atoms with Crippen LogP contribution >= 0.6 is 15.9 Å². The molecule has 0 aromatic heterocycles. The fourth-order valence-electron chi connectivity index (χ4n) is 1.74. The van der Waals surface area contributed by atoms with E-state index in [1.54, 1.807) is 6.07 Å². The molecule has 0 aliphatic carbocycles. The number of hydrogen-bond donors (Lipinski definition) is 3. The number of hydrogen-bond acceptors (Lipinski definition) is 3. The molecule has 0 atom stereocenters. The van der Waals surface area contributed by atoms with Crippen molar-refractivity contribution in [1.82, 2.24) is 0 Å². The highest BCUT2D eigenvalue weighted by atomic mass is 79.9. The van der Waals surface area contributed by atoms with E-state index in [9.17, 15) is 9.18 Å². The Morgan fingerprint density at radius 2 is 2.00 bits per heavy atom. The van der Waals surface area contributed by atoms with Gasteiger partial charge >= 0.3 is 5.97 Å². The van der Waals surface area contributed by atoms with E-state index >= 15 is 0 Å². The number of anilines is 3. The van der Waals surface area contributed by atoms with Gasteiger partial charge in [-0.3, -0.25) is 0 Å². The molecule has 0 unspecified atom stereocenters. The number of nitrogens with one attached hydrogen (secondary N) is 1. The van der Waals surface area contributed by atoms with E-state index in [0.717, 1.165) is 16.1 Å². The summed E-state index contributed by atoms with van der Waals surface area (Å²) in [6.45, 7) is 1.93. The van der Waals surface area contributed by atoms with Crippen molar-refractivity contribution in [3.63, 3.8) is 0 Å². The molecular weight excluding hydrogens is 327 g/mol. The molecule has 2 aromatic carbocycles. The van der Waals surface area contributed by atoms with Gasteiger partial charge in [0.2, 0.25) is 0 Å². The number of carboxylic acid groups (broad SMARTS) is 1. The lowest BCUT2D eigenvalue weighted by Crippen LogP contribution is -2.05. The molecule has 2 rings (SSSR count). The Balaban J connectivity index is 2.43. The predicted octanol–water partition coefficient (Wildman–Crippen LogP) is 3.92. The molecule has 0 fully saturated rings. The van der Waals surface area contributed by atoms with Crippen LogP contribution < -0.4 is 11.1 Å². The molecule has 104 valence electrons. The Labute approximate surface area is 123 Å². The summed E-state index contributed by atoms with van der Waals surface area (Å²) in [6.07, 6.45) is 0. The van der Waals surface area contributed by atoms with Crippen LogP contribution in [0.5, 0.6) is 0 Å². The van der Waals surface area contributed by atoms with Crippen LogP contribution in [0.15, 0.2) is 34.8 Å². The summed E-state index contributed by atoms with van der Waals surface area (Å²) < 4.78 is 14.6. The molecular formula is C14H12BrFN2O2. The normalized spacial score (nSPS) is 10.3. The predicted molar refractivity (Wildman–Crippen MR) is 79.9 cm³/mol. The number of rotatable bonds is 3. The molecule has 0 amide bonds. The van der Waals surface area contributed by atoms with Crippen LogP contribution in [0.4, 0.5) is 21.5 Å². The number of nitrogens with two attached hydrogens (primary N) is 1. The minimum Gasteiger partial charge on any atom is -0.478 e. The van der Waals surface area contributed by atoms with E-state index in [-0.39, 0.29) is 16.9 Å². The smallest absolute Gasteiger partial charge is 0.337 e. The SMILES string of the molecule is Cc1ccc(Nc2cc(C(=O)O)c(N)cc2F)c(Br)c1. The first-order chi connectivity index (χ1) is 9.38. The van der Waals surface area contributed by atoms with E-state index in [4.69, 9.17) is 10.8 Å². The molecule has 0 heterocycles. The second-order valence-electron chi connectivity index (χ2n) is 4.33. The second kappa shape index (κ2) is 5.50. The highest BCUT2D eigenvalue weighted by Gasteiger charge is 2.14. The fourth-order valence-corrected chi connectivity index (χ4v) is 2.33. The van der Waals surface area contributed by atoms with Gasteiger partial charge in [-0.25, -0.2) is 9.18 Å². The van der Waals surface area contributed by atoms with E-state index < -0.39 is 11.8 Å². The summed E-state index contributed by atoms with van der Waals surface area (Å²) in [5.41, 5.74) is 6.97. The maximum atomic E-state index is 13.8. The number of carbonyl (C=O) groups is 1. The van der Waals surface area contributed by atoms with Crippen molar-refractivity contribution in [2.24, 2.45) is 0 Å². The number of halogens is 2. The fraction of sp³-hybridized carbons (Fsp3) is 0.0714. The second-order valence-corrected chi connectivity index (χ2v) is 5.19. The van der Waals surface area contributed by atoms with Crippen LogP contribution in [0.3, 0.4) is 0 Å². The van der Waals surface area contributed by atoms with Gasteiger partial charge in [0.1, 0.15) is 5.82 Å². The summed E-state index contributed by atoms with van der Waals surface area (Å²) in [6, 6.07) is 7.68. The zero-order chi connectivity index (χ0) is 14.9. The van der Waals surface area contributed by atoms with Crippen LogP contribution in [0.2, 0.25) is 0 Å². The van der Waals surface area contributed by atoms with Crippen molar-refractivity contribution in [2.75, 3.05) is 11.1 Å². The third kappa shape index (κ3) is 2.91. The highest BCUT2D eigenvalue weighted by Crippen LogP contribution is 2.30. The van der Waals surface area contributed by atoms with Crippen molar-refractivity contribution in [2.45, 2.75) is 6.92 Å². The minimum atomic E-state index is -1.20. The maximum absolute atomic E-state index is 13.8. The zero-order valence-electron chi connectivity index (χ0n) is 10.6. The summed E-state index contributed by atoms with van der Waals surface area (Å²) in [7, 11) is 0.